The highest BCUT2D eigenvalue weighted by atomic mass is 16.5. The number of hydrogen-bond donors (Lipinski definition) is 4. The first-order valence-electron chi connectivity index (χ1n) is 18.8. The van der Waals surface area contributed by atoms with Crippen LogP contribution in [-0.4, -0.2) is 46.4 Å². The summed E-state index contributed by atoms with van der Waals surface area (Å²) in [4.78, 5) is 17.6. The van der Waals surface area contributed by atoms with Crippen LogP contribution < -0.4 is 9.47 Å². The van der Waals surface area contributed by atoms with E-state index in [4.69, 9.17) is 9.47 Å². The largest absolute Gasteiger partial charge is 0.504 e. The van der Waals surface area contributed by atoms with Gasteiger partial charge >= 0.3 is 0 Å². The first kappa shape index (κ1) is 37.3. The number of ketones is 1. The zero-order chi connectivity index (χ0) is 38.3. The number of aliphatic hydroxyl groups excluding tert-OH is 1. The van der Waals surface area contributed by atoms with Gasteiger partial charge in [0, 0.05) is 36.7 Å². The van der Waals surface area contributed by atoms with Gasteiger partial charge in [0.2, 0.25) is 0 Å². The minimum atomic E-state index is -0.957. The number of aromatic nitrogens is 1. The Balaban J connectivity index is 1.19. The van der Waals surface area contributed by atoms with Crippen LogP contribution in [0.5, 0.6) is 23.0 Å². The second kappa shape index (κ2) is 17.0. The Kier molecular flexibility index (Phi) is 11.5. The summed E-state index contributed by atoms with van der Waals surface area (Å²) in [5.74, 6) is 0.0648. The third kappa shape index (κ3) is 8.69. The number of phenolic OH excluding ortho intramolecular Hbond substituents is 2. The molecule has 7 nitrogen and oxygen atoms in total. The molecule has 0 aliphatic heterocycles. The fourth-order valence-electron chi connectivity index (χ4n) is 7.94. The standard InChI is InChI=1S/C48H47NO6/c1-54-47-26-32(15-18-43(47)50)24-39(23-31-14-16-34-8-3-4-10-36(34)22-31)45(52)29-46(53)40(25-33-20-21-49-30-33)27-38-17-19-44(51)48(55-2)42(38)28-37-12-7-11-35-9-5-6-13-41(35)37/h3-22,26,30,39-40,46,49-51,53H,23-25,27-29H2,1-2H3/t39-,40-,46-/m1/s1. The van der Waals surface area contributed by atoms with E-state index in [1.54, 1.807) is 25.3 Å². The lowest BCUT2D eigenvalue weighted by Crippen LogP contribution is -2.31. The van der Waals surface area contributed by atoms with E-state index in [1.807, 2.05) is 60.9 Å². The van der Waals surface area contributed by atoms with Crippen molar-refractivity contribution in [2.24, 2.45) is 11.8 Å². The van der Waals surface area contributed by atoms with Crippen molar-refractivity contribution < 1.29 is 29.6 Å². The molecule has 7 rings (SSSR count). The number of phenols is 2. The van der Waals surface area contributed by atoms with Crippen molar-refractivity contribution in [2.45, 2.75) is 44.6 Å². The first-order valence-corrected chi connectivity index (χ1v) is 18.8. The molecule has 1 heterocycles. The summed E-state index contributed by atoms with van der Waals surface area (Å²) >= 11 is 0. The molecule has 55 heavy (non-hydrogen) atoms. The normalized spacial score (nSPS) is 13.1. The number of aromatic amines is 1. The number of aromatic hydroxyl groups is 2. The van der Waals surface area contributed by atoms with Gasteiger partial charge in [0.05, 0.1) is 20.3 Å². The number of rotatable bonds is 16. The average molecular weight is 734 g/mol. The molecule has 1 aromatic heterocycles. The average Bonchev–Trinajstić information content (AvgIpc) is 3.72. The van der Waals surface area contributed by atoms with E-state index in [2.05, 4.69) is 59.6 Å². The van der Waals surface area contributed by atoms with Crippen molar-refractivity contribution in [1.82, 2.24) is 4.98 Å². The smallest absolute Gasteiger partial charge is 0.164 e. The van der Waals surface area contributed by atoms with Crippen LogP contribution in [-0.2, 0) is 36.9 Å². The Labute approximate surface area is 321 Å². The third-order valence-electron chi connectivity index (χ3n) is 10.9. The van der Waals surface area contributed by atoms with Gasteiger partial charge in [-0.05, 0) is 105 Å². The number of fused-ring (bicyclic) bond motifs is 2. The van der Waals surface area contributed by atoms with E-state index in [-0.39, 0.29) is 29.6 Å². The Morgan fingerprint density at radius 1 is 0.655 bits per heavy atom. The number of ether oxygens (including phenoxy) is 2. The molecule has 7 heteroatoms. The molecule has 0 radical (unpaired) electrons. The van der Waals surface area contributed by atoms with E-state index >= 15 is 0 Å². The molecular formula is C48H47NO6. The summed E-state index contributed by atoms with van der Waals surface area (Å²) in [6, 6.07) is 39.7. The van der Waals surface area contributed by atoms with Crippen molar-refractivity contribution in [3.05, 3.63) is 167 Å². The molecule has 7 aromatic rings. The zero-order valence-electron chi connectivity index (χ0n) is 31.2. The molecule has 0 unspecified atom stereocenters. The molecule has 0 aliphatic carbocycles. The minimum Gasteiger partial charge on any atom is -0.504 e. The number of Topliss-reactive ketones (excluding diaryl/α,β-unsaturated/α-hetero) is 1. The summed E-state index contributed by atoms with van der Waals surface area (Å²) in [7, 11) is 3.07. The maximum atomic E-state index is 14.5. The molecule has 0 fully saturated rings. The van der Waals surface area contributed by atoms with Crippen LogP contribution in [0.4, 0.5) is 0 Å². The number of hydrogen-bond acceptors (Lipinski definition) is 6. The van der Waals surface area contributed by atoms with E-state index < -0.39 is 12.0 Å². The monoisotopic (exact) mass is 733 g/mol. The van der Waals surface area contributed by atoms with Crippen LogP contribution in [0.3, 0.4) is 0 Å². The van der Waals surface area contributed by atoms with Crippen molar-refractivity contribution in [2.75, 3.05) is 14.2 Å². The van der Waals surface area contributed by atoms with E-state index in [1.165, 1.54) is 7.11 Å². The quantitative estimate of drug-likeness (QED) is 0.0789. The fourth-order valence-corrected chi connectivity index (χ4v) is 7.94. The lowest BCUT2D eigenvalue weighted by atomic mass is 9.81. The summed E-state index contributed by atoms with van der Waals surface area (Å²) in [5, 5.41) is 37.8. The van der Waals surface area contributed by atoms with E-state index in [0.29, 0.717) is 43.6 Å². The number of carbonyl (C=O) groups is 1. The van der Waals surface area contributed by atoms with Gasteiger partial charge in [-0.15, -0.1) is 0 Å². The van der Waals surface area contributed by atoms with Crippen LogP contribution >= 0.6 is 0 Å². The molecule has 3 atom stereocenters. The Morgan fingerprint density at radius 3 is 2.13 bits per heavy atom. The summed E-state index contributed by atoms with van der Waals surface area (Å²) in [5.41, 5.74) is 5.83. The van der Waals surface area contributed by atoms with Crippen LogP contribution in [0.25, 0.3) is 21.5 Å². The van der Waals surface area contributed by atoms with Gasteiger partial charge in [0.25, 0.3) is 0 Å². The zero-order valence-corrected chi connectivity index (χ0v) is 31.2. The van der Waals surface area contributed by atoms with Crippen molar-refractivity contribution >= 4 is 27.3 Å². The highest BCUT2D eigenvalue weighted by Gasteiger charge is 2.29. The molecule has 0 amide bonds. The highest BCUT2D eigenvalue weighted by molar-refractivity contribution is 5.86. The highest BCUT2D eigenvalue weighted by Crippen LogP contribution is 2.38. The summed E-state index contributed by atoms with van der Waals surface area (Å²) in [6.07, 6.45) is 5.23. The van der Waals surface area contributed by atoms with Crippen LogP contribution in [0, 0.1) is 11.8 Å². The lowest BCUT2D eigenvalue weighted by molar-refractivity contribution is -0.125. The van der Waals surface area contributed by atoms with Gasteiger partial charge in [-0.3, -0.25) is 4.79 Å². The molecule has 0 saturated carbocycles. The molecule has 0 aliphatic rings. The molecule has 280 valence electrons. The minimum absolute atomic E-state index is 0.0313. The predicted molar refractivity (Wildman–Crippen MR) is 218 cm³/mol. The molecule has 0 spiro atoms. The predicted octanol–water partition coefficient (Wildman–Crippen LogP) is 9.16. The second-order valence-electron chi connectivity index (χ2n) is 14.5. The van der Waals surface area contributed by atoms with Gasteiger partial charge in [-0.1, -0.05) is 97.1 Å². The summed E-state index contributed by atoms with van der Waals surface area (Å²) in [6.45, 7) is 0. The van der Waals surface area contributed by atoms with Crippen LogP contribution in [0.2, 0.25) is 0 Å². The SMILES string of the molecule is COc1cc(C[C@@H](Cc2ccc3ccccc3c2)C(=O)C[C@@H](O)[C@H](Cc2cc[nH]c2)Cc2ccc(O)c(OC)c2Cc2cccc3ccccc23)ccc1O. The van der Waals surface area contributed by atoms with Gasteiger partial charge in [0.15, 0.2) is 23.0 Å². The molecule has 4 N–H and O–H groups in total. The number of carbonyl (C=O) groups excluding carboxylic acids is 1. The van der Waals surface area contributed by atoms with E-state index in [9.17, 15) is 20.1 Å². The van der Waals surface area contributed by atoms with E-state index in [0.717, 1.165) is 54.9 Å². The number of aliphatic hydroxyl groups is 1. The van der Waals surface area contributed by atoms with Crippen LogP contribution in [0.15, 0.2) is 134 Å². The Bertz CT molecular complexity index is 2400. The molecule has 0 saturated heterocycles. The molecular weight excluding hydrogens is 687 g/mol. The number of H-pyrrole nitrogens is 1. The van der Waals surface area contributed by atoms with Crippen molar-refractivity contribution in [3.8, 4) is 23.0 Å². The Hall–Kier alpha value is -6.05. The third-order valence-corrected chi connectivity index (χ3v) is 10.9. The topological polar surface area (TPSA) is 112 Å². The fraction of sp³-hybridized carbons (Fsp3) is 0.229. The van der Waals surface area contributed by atoms with Gasteiger partial charge in [0.1, 0.15) is 5.78 Å². The molecule has 6 aromatic carbocycles. The van der Waals surface area contributed by atoms with Crippen molar-refractivity contribution in [3.63, 3.8) is 0 Å². The Morgan fingerprint density at radius 2 is 1.36 bits per heavy atom. The lowest BCUT2D eigenvalue weighted by Gasteiger charge is -2.26. The van der Waals surface area contributed by atoms with Gasteiger partial charge in [-0.25, -0.2) is 0 Å². The number of methoxy groups -OCH3 is 2. The van der Waals surface area contributed by atoms with Crippen LogP contribution in [0.1, 0.15) is 39.8 Å². The van der Waals surface area contributed by atoms with Gasteiger partial charge < -0.3 is 29.8 Å². The summed E-state index contributed by atoms with van der Waals surface area (Å²) < 4.78 is 11.2. The maximum absolute atomic E-state index is 14.5. The van der Waals surface area contributed by atoms with Crippen molar-refractivity contribution in [1.29, 1.82) is 0 Å². The first-order chi connectivity index (χ1) is 26.8. The number of benzene rings is 6. The maximum Gasteiger partial charge on any atom is 0.164 e. The van der Waals surface area contributed by atoms with Gasteiger partial charge in [-0.2, -0.15) is 0 Å². The molecule has 0 bridgehead atoms. The number of nitrogens with one attached hydrogen (secondary N) is 1. The second-order valence-corrected chi connectivity index (χ2v) is 14.5.